The van der Waals surface area contributed by atoms with E-state index < -0.39 is 0 Å². The topological polar surface area (TPSA) is 16.1 Å². The van der Waals surface area contributed by atoms with Crippen molar-refractivity contribution in [2.45, 2.75) is 19.3 Å². The molecule has 1 aliphatic rings. The Labute approximate surface area is 386 Å². The van der Waals surface area contributed by atoms with Crippen LogP contribution in [0.2, 0.25) is 0 Å². The Bertz CT molecular complexity index is 3550. The van der Waals surface area contributed by atoms with Crippen LogP contribution in [0.25, 0.3) is 89.0 Å². The number of benzene rings is 10. The molecule has 0 saturated carbocycles. The van der Waals surface area contributed by atoms with E-state index in [1.54, 1.807) is 0 Å². The van der Waals surface area contributed by atoms with Crippen LogP contribution in [0.5, 0.6) is 0 Å². The van der Waals surface area contributed by atoms with E-state index in [-0.39, 0.29) is 5.41 Å². The van der Waals surface area contributed by atoms with Gasteiger partial charge in [0.1, 0.15) is 0 Å². The average molecular weight is 843 g/mol. The average Bonchev–Trinajstić information content (AvgIpc) is 3.60. The molecule has 66 heavy (non-hydrogen) atoms. The molecule has 0 radical (unpaired) electrons. The fourth-order valence-corrected chi connectivity index (χ4v) is 10.6. The quantitative estimate of drug-likeness (QED) is 0.112. The van der Waals surface area contributed by atoms with E-state index in [4.69, 9.17) is 0 Å². The lowest BCUT2D eigenvalue weighted by Gasteiger charge is -2.28. The summed E-state index contributed by atoms with van der Waals surface area (Å²) in [4.78, 5) is 6.79. The van der Waals surface area contributed by atoms with Gasteiger partial charge in [0.05, 0.1) is 0 Å². The van der Waals surface area contributed by atoms with E-state index in [9.17, 15) is 0 Å². The molecule has 0 bridgehead atoms. The van der Waals surface area contributed by atoms with Gasteiger partial charge in [-0.3, -0.25) is 4.98 Å². The Hall–Kier alpha value is -8.33. The third-order valence-electron chi connectivity index (χ3n) is 13.7. The van der Waals surface area contributed by atoms with E-state index in [0.717, 1.165) is 22.6 Å². The smallest absolute Gasteiger partial charge is 0.0465 e. The normalized spacial score (nSPS) is 12.8. The van der Waals surface area contributed by atoms with Gasteiger partial charge in [-0.15, -0.1) is 0 Å². The summed E-state index contributed by atoms with van der Waals surface area (Å²) in [6, 6.07) is 79.7. The van der Waals surface area contributed by atoms with Gasteiger partial charge in [0.25, 0.3) is 0 Å². The van der Waals surface area contributed by atoms with E-state index in [1.807, 2.05) is 18.5 Å². The summed E-state index contributed by atoms with van der Waals surface area (Å²) in [6.45, 7) is 4.73. The van der Waals surface area contributed by atoms with Crippen LogP contribution < -0.4 is 4.90 Å². The molecule has 0 atom stereocenters. The Kier molecular flexibility index (Phi) is 9.54. The predicted molar refractivity (Wildman–Crippen MR) is 281 cm³/mol. The predicted octanol–water partition coefficient (Wildman–Crippen LogP) is 17.5. The van der Waals surface area contributed by atoms with Crippen molar-refractivity contribution in [2.24, 2.45) is 0 Å². The number of para-hydroxylation sites is 2. The first-order chi connectivity index (χ1) is 32.5. The summed E-state index contributed by atoms with van der Waals surface area (Å²) in [7, 11) is 0. The molecule has 2 nitrogen and oxygen atoms in total. The second kappa shape index (κ2) is 16.0. The molecule has 1 aromatic heterocycles. The van der Waals surface area contributed by atoms with Crippen molar-refractivity contribution in [1.29, 1.82) is 0 Å². The summed E-state index contributed by atoms with van der Waals surface area (Å²) >= 11 is 0. The van der Waals surface area contributed by atoms with Crippen molar-refractivity contribution < 1.29 is 0 Å². The first kappa shape index (κ1) is 39.3. The number of nitrogens with zero attached hydrogens (tertiary/aromatic N) is 2. The van der Waals surface area contributed by atoms with Crippen LogP contribution in [0, 0.1) is 0 Å². The van der Waals surface area contributed by atoms with Crippen molar-refractivity contribution in [3.05, 3.63) is 253 Å². The second-order valence-electron chi connectivity index (χ2n) is 17.9. The minimum Gasteiger partial charge on any atom is -0.310 e. The zero-order chi connectivity index (χ0) is 44.2. The molecule has 1 aliphatic carbocycles. The molecular weight excluding hydrogens is 797 g/mol. The molecule has 312 valence electrons. The number of aromatic nitrogens is 1. The Morgan fingerprint density at radius 3 is 1.45 bits per heavy atom. The van der Waals surface area contributed by atoms with Crippen LogP contribution in [0.15, 0.2) is 231 Å². The maximum atomic E-state index is 4.44. The number of fused-ring (bicyclic) bond motifs is 6. The number of pyridine rings is 1. The lowest BCUT2D eigenvalue weighted by Crippen LogP contribution is -2.16. The first-order valence-corrected chi connectivity index (χ1v) is 22.9. The highest BCUT2D eigenvalue weighted by Gasteiger charge is 2.36. The van der Waals surface area contributed by atoms with Gasteiger partial charge < -0.3 is 4.90 Å². The van der Waals surface area contributed by atoms with Gasteiger partial charge in [-0.1, -0.05) is 202 Å². The lowest BCUT2D eigenvalue weighted by molar-refractivity contribution is 0.660. The molecular formula is C64H46N2. The summed E-state index contributed by atoms with van der Waals surface area (Å²) in [5.41, 5.74) is 18.3. The summed E-state index contributed by atoms with van der Waals surface area (Å²) < 4.78 is 0. The number of anilines is 3. The fraction of sp³-hybridized carbons (Fsp3) is 0.0469. The van der Waals surface area contributed by atoms with Gasteiger partial charge in [-0.2, -0.15) is 0 Å². The van der Waals surface area contributed by atoms with Gasteiger partial charge in [0.15, 0.2) is 0 Å². The van der Waals surface area contributed by atoms with Crippen LogP contribution in [0.1, 0.15) is 36.1 Å². The molecule has 10 aromatic carbocycles. The van der Waals surface area contributed by atoms with Crippen LogP contribution in [0.4, 0.5) is 17.1 Å². The molecule has 2 heteroatoms. The van der Waals surface area contributed by atoms with Crippen molar-refractivity contribution in [1.82, 2.24) is 4.98 Å². The molecule has 0 unspecified atom stereocenters. The summed E-state index contributed by atoms with van der Waals surface area (Å²) in [6.07, 6.45) is 8.29. The van der Waals surface area contributed by atoms with Gasteiger partial charge in [-0.25, -0.2) is 0 Å². The summed E-state index contributed by atoms with van der Waals surface area (Å²) in [5, 5.41) is 7.45. The van der Waals surface area contributed by atoms with E-state index >= 15 is 0 Å². The molecule has 1 heterocycles. The molecule has 0 amide bonds. The molecule has 0 fully saturated rings. The maximum Gasteiger partial charge on any atom is 0.0465 e. The highest BCUT2D eigenvalue weighted by Crippen LogP contribution is 2.51. The zero-order valence-electron chi connectivity index (χ0n) is 37.0. The van der Waals surface area contributed by atoms with Crippen LogP contribution in [-0.4, -0.2) is 4.98 Å². The standard InChI is InChI=1S/C64H46N2/c1-64(2)60-40-44(31-35-53(60)54-36-34-49(41-61(54)64)66(47-17-5-3-6-18-47)48-19-7-4-8-20-48)28-27-43-29-32-45(33-30-43)62-55-23-11-13-25-57(55)63(58-26-14-12-24-56(58)62)59-38-37-50(46-16-15-39-65-42-46)51-21-9-10-22-52(51)59/h3-42H,1-2H3/b28-27+. The third-order valence-corrected chi connectivity index (χ3v) is 13.7. The molecule has 12 rings (SSSR count). The molecule has 11 aromatic rings. The highest BCUT2D eigenvalue weighted by atomic mass is 15.1. The molecule has 0 aliphatic heterocycles. The third kappa shape index (κ3) is 6.61. The number of hydrogen-bond donors (Lipinski definition) is 0. The molecule has 0 N–H and O–H groups in total. The largest absolute Gasteiger partial charge is 0.310 e. The van der Waals surface area contributed by atoms with E-state index in [0.29, 0.717) is 0 Å². The van der Waals surface area contributed by atoms with Crippen molar-refractivity contribution in [3.63, 3.8) is 0 Å². The number of rotatable bonds is 8. The summed E-state index contributed by atoms with van der Waals surface area (Å²) in [5.74, 6) is 0. The van der Waals surface area contributed by atoms with Gasteiger partial charge in [0, 0.05) is 40.4 Å². The number of hydrogen-bond acceptors (Lipinski definition) is 2. The Morgan fingerprint density at radius 1 is 0.364 bits per heavy atom. The Morgan fingerprint density at radius 2 is 0.848 bits per heavy atom. The van der Waals surface area contributed by atoms with Crippen LogP contribution in [-0.2, 0) is 5.41 Å². The van der Waals surface area contributed by atoms with Crippen molar-refractivity contribution in [3.8, 4) is 44.5 Å². The SMILES string of the molecule is CC1(C)c2cc(/C=C/c3ccc(-c4c5ccccc5c(-c5ccc(-c6cccnc6)c6ccccc56)c5ccccc45)cc3)ccc2-c2ccc(N(c3ccccc3)c3ccccc3)cc21. The van der Waals surface area contributed by atoms with Gasteiger partial charge in [-0.05, 0) is 136 Å². The van der Waals surface area contributed by atoms with E-state index in [2.05, 4.69) is 248 Å². The van der Waals surface area contributed by atoms with Crippen molar-refractivity contribution in [2.75, 3.05) is 4.90 Å². The van der Waals surface area contributed by atoms with Crippen LogP contribution >= 0.6 is 0 Å². The van der Waals surface area contributed by atoms with Gasteiger partial charge in [0.2, 0.25) is 0 Å². The second-order valence-corrected chi connectivity index (χ2v) is 17.9. The monoisotopic (exact) mass is 842 g/mol. The van der Waals surface area contributed by atoms with E-state index in [1.165, 1.54) is 93.5 Å². The highest BCUT2D eigenvalue weighted by molar-refractivity contribution is 6.24. The Balaban J connectivity index is 0.875. The minimum atomic E-state index is -0.164. The lowest BCUT2D eigenvalue weighted by atomic mass is 9.81. The van der Waals surface area contributed by atoms with Crippen molar-refractivity contribution >= 4 is 61.5 Å². The zero-order valence-corrected chi connectivity index (χ0v) is 37.0. The molecule has 0 saturated heterocycles. The van der Waals surface area contributed by atoms with Crippen LogP contribution in [0.3, 0.4) is 0 Å². The minimum absolute atomic E-state index is 0.164. The first-order valence-electron chi connectivity index (χ1n) is 22.9. The van der Waals surface area contributed by atoms with Gasteiger partial charge >= 0.3 is 0 Å². The maximum absolute atomic E-state index is 4.44. The molecule has 0 spiro atoms. The fourth-order valence-electron chi connectivity index (χ4n) is 10.6.